The molecule has 1 heterocycles. The van der Waals surface area contributed by atoms with E-state index >= 15 is 0 Å². The summed E-state index contributed by atoms with van der Waals surface area (Å²) in [5.74, 6) is -3.15. The predicted octanol–water partition coefficient (Wildman–Crippen LogP) is 3.32. The number of halogens is 2. The van der Waals surface area contributed by atoms with Crippen LogP contribution in [0.15, 0.2) is 54.7 Å². The van der Waals surface area contributed by atoms with Crippen LogP contribution >= 0.6 is 12.2 Å². The number of carbonyl (C=O) groups excluding carboxylic acids is 1. The molecule has 0 aromatic heterocycles. The van der Waals surface area contributed by atoms with E-state index < -0.39 is 29.5 Å². The Kier molecular flexibility index (Phi) is 5.60. The van der Waals surface area contributed by atoms with Crippen LogP contribution in [0, 0.1) is 17.6 Å². The predicted molar refractivity (Wildman–Crippen MR) is 110 cm³/mol. The highest BCUT2D eigenvalue weighted by atomic mass is 32.1. The fourth-order valence-electron chi connectivity index (χ4n) is 3.04. The summed E-state index contributed by atoms with van der Waals surface area (Å²) in [6, 6.07) is 10.4. The lowest BCUT2D eigenvalue weighted by atomic mass is 9.88. The molecule has 2 aromatic rings. The molecule has 0 spiro atoms. The Balaban J connectivity index is 1.88. The summed E-state index contributed by atoms with van der Waals surface area (Å²) in [4.78, 5) is 14.9. The lowest BCUT2D eigenvalue weighted by Gasteiger charge is -2.35. The number of nitrogens with zero attached hydrogens (tertiary/aromatic N) is 1. The van der Waals surface area contributed by atoms with E-state index in [9.17, 15) is 13.6 Å². The summed E-state index contributed by atoms with van der Waals surface area (Å²) in [6.07, 6.45) is 0. The fraction of sp³-hybridized carbons (Fsp3) is 0.200. The van der Waals surface area contributed by atoms with Gasteiger partial charge in [0.2, 0.25) is 5.91 Å². The van der Waals surface area contributed by atoms with Crippen molar-refractivity contribution in [2.24, 2.45) is 5.92 Å². The minimum absolute atomic E-state index is 0.159. The van der Waals surface area contributed by atoms with Gasteiger partial charge in [0.1, 0.15) is 5.92 Å². The van der Waals surface area contributed by atoms with E-state index in [1.165, 1.54) is 6.07 Å². The number of thiocarbonyl (C=S) groups is 1. The van der Waals surface area contributed by atoms with E-state index in [-0.39, 0.29) is 5.69 Å². The van der Waals surface area contributed by atoms with Gasteiger partial charge < -0.3 is 20.9 Å². The van der Waals surface area contributed by atoms with Crippen LogP contribution in [0.2, 0.25) is 0 Å². The van der Waals surface area contributed by atoms with Crippen molar-refractivity contribution < 1.29 is 13.6 Å². The molecule has 8 heteroatoms. The molecular weight excluding hydrogens is 382 g/mol. The van der Waals surface area contributed by atoms with Gasteiger partial charge in [0.25, 0.3) is 0 Å². The van der Waals surface area contributed by atoms with E-state index in [0.717, 1.165) is 23.4 Å². The zero-order valence-electron chi connectivity index (χ0n) is 15.4. The number of carbonyl (C=O) groups is 1. The van der Waals surface area contributed by atoms with Crippen molar-refractivity contribution in [1.29, 1.82) is 0 Å². The van der Waals surface area contributed by atoms with Gasteiger partial charge in [0.05, 0.1) is 6.04 Å². The maximum atomic E-state index is 13.5. The van der Waals surface area contributed by atoms with E-state index in [4.69, 9.17) is 12.2 Å². The van der Waals surface area contributed by atoms with E-state index in [2.05, 4.69) is 22.5 Å². The molecule has 3 N–H and O–H groups in total. The number of anilines is 2. The zero-order chi connectivity index (χ0) is 20.4. The molecule has 0 unspecified atom stereocenters. The summed E-state index contributed by atoms with van der Waals surface area (Å²) in [7, 11) is 3.87. The lowest BCUT2D eigenvalue weighted by molar-refractivity contribution is -0.119. The van der Waals surface area contributed by atoms with Gasteiger partial charge in [-0.3, -0.25) is 4.79 Å². The lowest BCUT2D eigenvalue weighted by Crippen LogP contribution is -2.51. The second-order valence-electron chi connectivity index (χ2n) is 6.68. The Bertz CT molecular complexity index is 930. The van der Waals surface area contributed by atoms with Crippen LogP contribution in [0.3, 0.4) is 0 Å². The van der Waals surface area contributed by atoms with Gasteiger partial charge in [-0.15, -0.1) is 0 Å². The first-order valence-corrected chi connectivity index (χ1v) is 8.96. The molecule has 1 aliphatic rings. The number of rotatable bonds is 4. The van der Waals surface area contributed by atoms with E-state index in [1.807, 2.05) is 43.3 Å². The van der Waals surface area contributed by atoms with Gasteiger partial charge in [0, 0.05) is 37.2 Å². The van der Waals surface area contributed by atoms with Gasteiger partial charge in [-0.25, -0.2) is 8.78 Å². The summed E-state index contributed by atoms with van der Waals surface area (Å²) >= 11 is 5.21. The van der Waals surface area contributed by atoms with Crippen molar-refractivity contribution >= 4 is 34.6 Å². The van der Waals surface area contributed by atoms with Crippen molar-refractivity contribution in [3.63, 3.8) is 0 Å². The normalized spacial score (nSPS) is 18.9. The maximum Gasteiger partial charge on any atom is 0.235 e. The van der Waals surface area contributed by atoms with E-state index in [1.54, 1.807) is 0 Å². The number of hydrogen-bond donors (Lipinski definition) is 3. The monoisotopic (exact) mass is 402 g/mol. The quantitative estimate of drug-likeness (QED) is 0.685. The molecule has 5 nitrogen and oxygen atoms in total. The summed E-state index contributed by atoms with van der Waals surface area (Å²) < 4.78 is 26.6. The molecule has 1 aliphatic heterocycles. The van der Waals surface area contributed by atoms with Crippen LogP contribution < -0.4 is 20.9 Å². The average molecular weight is 402 g/mol. The van der Waals surface area contributed by atoms with Gasteiger partial charge in [-0.1, -0.05) is 18.7 Å². The Morgan fingerprint density at radius 3 is 2.43 bits per heavy atom. The van der Waals surface area contributed by atoms with Crippen molar-refractivity contribution in [3.05, 3.63) is 71.9 Å². The van der Waals surface area contributed by atoms with Crippen LogP contribution in [-0.2, 0) is 4.79 Å². The van der Waals surface area contributed by atoms with Crippen LogP contribution in [0.25, 0.3) is 0 Å². The second-order valence-corrected chi connectivity index (χ2v) is 7.09. The minimum Gasteiger partial charge on any atom is -0.378 e. The molecule has 2 aromatic carbocycles. The first-order chi connectivity index (χ1) is 13.3. The number of hydrogen-bond acceptors (Lipinski definition) is 3. The van der Waals surface area contributed by atoms with Crippen LogP contribution in [0.4, 0.5) is 20.2 Å². The molecule has 0 aliphatic carbocycles. The Hall–Kier alpha value is -3.00. The topological polar surface area (TPSA) is 56.4 Å². The average Bonchev–Trinajstić information content (AvgIpc) is 2.64. The third kappa shape index (κ3) is 4.12. The standard InChI is InChI=1S/C20H20F2N4OS/c1-11-17(19(27)24-13-6-9-15(21)16(22)10-13)18(25-20(28)23-11)12-4-7-14(8-5-12)26(2)3/h4-10,17-18H,1H2,2-3H3,(H,24,27)(H2,23,25,28)/t17-,18-/m0/s1. The third-order valence-corrected chi connectivity index (χ3v) is 4.73. The van der Waals surface area contributed by atoms with Crippen molar-refractivity contribution in [2.45, 2.75) is 6.04 Å². The van der Waals surface area contributed by atoms with Crippen LogP contribution in [0.1, 0.15) is 11.6 Å². The molecule has 1 saturated heterocycles. The molecule has 2 atom stereocenters. The number of benzene rings is 2. The van der Waals surface area contributed by atoms with Crippen molar-refractivity contribution in [3.8, 4) is 0 Å². The van der Waals surface area contributed by atoms with Gasteiger partial charge in [-0.2, -0.15) is 0 Å². The Morgan fingerprint density at radius 1 is 1.14 bits per heavy atom. The molecule has 0 saturated carbocycles. The maximum absolute atomic E-state index is 13.5. The first kappa shape index (κ1) is 19.8. The summed E-state index contributed by atoms with van der Waals surface area (Å²) in [5.41, 5.74) is 2.44. The van der Waals surface area contributed by atoms with E-state index in [0.29, 0.717) is 10.8 Å². The molecular formula is C20H20F2N4OS. The van der Waals surface area contributed by atoms with Crippen LogP contribution in [0.5, 0.6) is 0 Å². The smallest absolute Gasteiger partial charge is 0.235 e. The first-order valence-electron chi connectivity index (χ1n) is 8.56. The molecule has 146 valence electrons. The van der Waals surface area contributed by atoms with Crippen molar-refractivity contribution in [1.82, 2.24) is 10.6 Å². The number of amides is 1. The third-order valence-electron chi connectivity index (χ3n) is 4.51. The molecule has 3 rings (SSSR count). The fourth-order valence-corrected chi connectivity index (χ4v) is 3.30. The Morgan fingerprint density at radius 2 is 1.82 bits per heavy atom. The second kappa shape index (κ2) is 7.93. The minimum atomic E-state index is -1.03. The largest absolute Gasteiger partial charge is 0.378 e. The summed E-state index contributed by atoms with van der Waals surface area (Å²) in [5, 5.41) is 8.95. The molecule has 1 amide bonds. The molecule has 0 bridgehead atoms. The molecule has 28 heavy (non-hydrogen) atoms. The molecule has 0 radical (unpaired) electrons. The van der Waals surface area contributed by atoms with Gasteiger partial charge >= 0.3 is 0 Å². The SMILES string of the molecule is C=C1NC(=S)N[C@@H](c2ccc(N(C)C)cc2)[C@H]1C(=O)Nc1ccc(F)c(F)c1. The highest BCUT2D eigenvalue weighted by Crippen LogP contribution is 2.31. The van der Waals surface area contributed by atoms with Crippen LogP contribution in [-0.4, -0.2) is 25.1 Å². The summed E-state index contributed by atoms with van der Waals surface area (Å²) in [6.45, 7) is 3.92. The highest BCUT2D eigenvalue weighted by molar-refractivity contribution is 7.80. The van der Waals surface area contributed by atoms with Crippen molar-refractivity contribution in [2.75, 3.05) is 24.3 Å². The van der Waals surface area contributed by atoms with Gasteiger partial charge in [-0.05, 0) is 42.0 Å². The van der Waals surface area contributed by atoms with Gasteiger partial charge in [0.15, 0.2) is 16.7 Å². The highest BCUT2D eigenvalue weighted by Gasteiger charge is 2.36. The molecule has 1 fully saturated rings. The number of nitrogens with one attached hydrogen (secondary N) is 3. The zero-order valence-corrected chi connectivity index (χ0v) is 16.2. The Labute approximate surface area is 167 Å².